The molecule has 0 spiro atoms. The number of nitriles is 1. The van der Waals surface area contributed by atoms with Gasteiger partial charge < -0.3 is 15.4 Å². The van der Waals surface area contributed by atoms with Gasteiger partial charge in [-0.15, -0.1) is 0 Å². The number of aryl methyl sites for hydroxylation is 1. The van der Waals surface area contributed by atoms with E-state index in [2.05, 4.69) is 16.7 Å². The van der Waals surface area contributed by atoms with Crippen LogP contribution in [0.3, 0.4) is 0 Å². The van der Waals surface area contributed by atoms with Crippen LogP contribution in [0, 0.1) is 18.3 Å². The van der Waals surface area contributed by atoms with E-state index in [0.717, 1.165) is 43.7 Å². The molecule has 0 radical (unpaired) electrons. The number of piperidine rings is 1. The lowest BCUT2D eigenvalue weighted by Gasteiger charge is -2.23. The third kappa shape index (κ3) is 3.95. The van der Waals surface area contributed by atoms with Gasteiger partial charge in [0.2, 0.25) is 0 Å². The van der Waals surface area contributed by atoms with Gasteiger partial charge in [0, 0.05) is 6.54 Å². The number of rotatable bonds is 5. The summed E-state index contributed by atoms with van der Waals surface area (Å²) < 4.78 is 5.83. The Balaban J connectivity index is 1.78. The Kier molecular flexibility index (Phi) is 5.20. The van der Waals surface area contributed by atoms with Crippen molar-refractivity contribution in [1.29, 1.82) is 5.26 Å². The zero-order chi connectivity index (χ0) is 13.5. The van der Waals surface area contributed by atoms with E-state index in [1.165, 1.54) is 0 Å². The lowest BCUT2D eigenvalue weighted by molar-refractivity contribution is 0.0394. The molecule has 2 N–H and O–H groups in total. The fourth-order valence-electron chi connectivity index (χ4n) is 2.36. The summed E-state index contributed by atoms with van der Waals surface area (Å²) in [5, 5.41) is 15.7. The molecule has 4 heteroatoms. The Bertz CT molecular complexity index is 447. The van der Waals surface area contributed by atoms with Gasteiger partial charge in [0.05, 0.1) is 24.0 Å². The highest BCUT2D eigenvalue weighted by molar-refractivity contribution is 5.62. The second-order valence-corrected chi connectivity index (χ2v) is 4.86. The normalized spacial score (nSPS) is 16.0. The van der Waals surface area contributed by atoms with Crippen LogP contribution in [0.1, 0.15) is 24.0 Å². The fraction of sp³-hybridized carbons (Fsp3) is 0.533. The van der Waals surface area contributed by atoms with Crippen LogP contribution in [0.5, 0.6) is 0 Å². The maximum atomic E-state index is 9.08. The van der Waals surface area contributed by atoms with E-state index in [1.807, 2.05) is 25.1 Å². The Morgan fingerprint density at radius 3 is 2.95 bits per heavy atom. The third-order valence-corrected chi connectivity index (χ3v) is 3.44. The molecule has 0 saturated carbocycles. The molecule has 4 nitrogen and oxygen atoms in total. The fourth-order valence-corrected chi connectivity index (χ4v) is 2.36. The van der Waals surface area contributed by atoms with Crippen LogP contribution < -0.4 is 10.6 Å². The Morgan fingerprint density at radius 1 is 1.42 bits per heavy atom. The lowest BCUT2D eigenvalue weighted by Crippen LogP contribution is -2.33. The summed E-state index contributed by atoms with van der Waals surface area (Å²) in [4.78, 5) is 0. The molecule has 0 atom stereocenters. The molecule has 19 heavy (non-hydrogen) atoms. The molecule has 1 aromatic carbocycles. The van der Waals surface area contributed by atoms with Gasteiger partial charge >= 0.3 is 0 Å². The molecule has 1 heterocycles. The molecular weight excluding hydrogens is 238 g/mol. The summed E-state index contributed by atoms with van der Waals surface area (Å²) in [6.45, 7) is 5.53. The van der Waals surface area contributed by atoms with E-state index in [-0.39, 0.29) is 0 Å². The van der Waals surface area contributed by atoms with Crippen LogP contribution in [0.4, 0.5) is 5.69 Å². The van der Waals surface area contributed by atoms with Gasteiger partial charge in [-0.05, 0) is 44.5 Å². The minimum Gasteiger partial charge on any atom is -0.381 e. The lowest BCUT2D eigenvalue weighted by atomic mass is 10.1. The topological polar surface area (TPSA) is 57.1 Å². The van der Waals surface area contributed by atoms with Crippen molar-refractivity contribution in [1.82, 2.24) is 5.32 Å². The number of nitrogens with one attached hydrogen (secondary N) is 2. The van der Waals surface area contributed by atoms with E-state index >= 15 is 0 Å². The molecule has 0 unspecified atom stereocenters. The number of hydrogen-bond donors (Lipinski definition) is 2. The van der Waals surface area contributed by atoms with E-state index in [4.69, 9.17) is 10.00 Å². The minimum atomic E-state index is 0.385. The smallest absolute Gasteiger partial charge is 0.101 e. The Labute approximate surface area is 114 Å². The van der Waals surface area contributed by atoms with Crippen LogP contribution in [-0.4, -0.2) is 32.3 Å². The van der Waals surface area contributed by atoms with Crippen molar-refractivity contribution in [2.24, 2.45) is 0 Å². The zero-order valence-corrected chi connectivity index (χ0v) is 11.4. The molecule has 1 aliphatic rings. The van der Waals surface area contributed by atoms with Gasteiger partial charge in [0.25, 0.3) is 0 Å². The molecule has 0 aliphatic carbocycles. The predicted octanol–water partition coefficient (Wildman–Crippen LogP) is 2.05. The van der Waals surface area contributed by atoms with Crippen LogP contribution in [0.15, 0.2) is 18.2 Å². The highest BCUT2D eigenvalue weighted by atomic mass is 16.5. The summed E-state index contributed by atoms with van der Waals surface area (Å²) in [5.74, 6) is 0. The predicted molar refractivity (Wildman–Crippen MR) is 76.2 cm³/mol. The Morgan fingerprint density at radius 2 is 2.21 bits per heavy atom. The van der Waals surface area contributed by atoms with Crippen molar-refractivity contribution in [2.45, 2.75) is 25.9 Å². The van der Waals surface area contributed by atoms with Crippen molar-refractivity contribution in [3.63, 3.8) is 0 Å². The largest absolute Gasteiger partial charge is 0.381 e. The second-order valence-electron chi connectivity index (χ2n) is 4.86. The van der Waals surface area contributed by atoms with Crippen LogP contribution in [0.2, 0.25) is 0 Å². The summed E-state index contributed by atoms with van der Waals surface area (Å²) >= 11 is 0. The van der Waals surface area contributed by atoms with Gasteiger partial charge in [0.15, 0.2) is 0 Å². The molecule has 102 valence electrons. The molecule has 0 bridgehead atoms. The van der Waals surface area contributed by atoms with Crippen molar-refractivity contribution in [3.8, 4) is 6.07 Å². The number of benzene rings is 1. The van der Waals surface area contributed by atoms with E-state index in [0.29, 0.717) is 18.3 Å². The van der Waals surface area contributed by atoms with Crippen molar-refractivity contribution >= 4 is 5.69 Å². The maximum Gasteiger partial charge on any atom is 0.101 e. The van der Waals surface area contributed by atoms with E-state index < -0.39 is 0 Å². The summed E-state index contributed by atoms with van der Waals surface area (Å²) in [6.07, 6.45) is 2.57. The average molecular weight is 259 g/mol. The molecule has 2 rings (SSSR count). The summed E-state index contributed by atoms with van der Waals surface area (Å²) in [6, 6.07) is 7.97. The quantitative estimate of drug-likeness (QED) is 0.795. The van der Waals surface area contributed by atoms with Gasteiger partial charge in [0.1, 0.15) is 6.07 Å². The first-order chi connectivity index (χ1) is 9.31. The van der Waals surface area contributed by atoms with Crippen molar-refractivity contribution in [2.75, 3.05) is 31.6 Å². The SMILES string of the molecule is Cc1cccc(C#N)c1NCCOC1CCNCC1. The van der Waals surface area contributed by atoms with Gasteiger partial charge in [-0.2, -0.15) is 5.26 Å². The summed E-state index contributed by atoms with van der Waals surface area (Å²) in [5.41, 5.74) is 2.72. The third-order valence-electron chi connectivity index (χ3n) is 3.44. The average Bonchev–Trinajstić information content (AvgIpc) is 2.46. The molecular formula is C15H21N3O. The molecule has 0 amide bonds. The first-order valence-corrected chi connectivity index (χ1v) is 6.87. The standard InChI is InChI=1S/C15H21N3O/c1-12-3-2-4-13(11-16)15(12)18-9-10-19-14-5-7-17-8-6-14/h2-4,14,17-18H,5-10H2,1H3. The molecule has 0 aromatic heterocycles. The molecule has 1 fully saturated rings. The number of nitrogens with zero attached hydrogens (tertiary/aromatic N) is 1. The molecule has 1 saturated heterocycles. The van der Waals surface area contributed by atoms with E-state index in [1.54, 1.807) is 0 Å². The van der Waals surface area contributed by atoms with Crippen molar-refractivity contribution < 1.29 is 4.74 Å². The highest BCUT2D eigenvalue weighted by Crippen LogP contribution is 2.19. The van der Waals surface area contributed by atoms with Crippen LogP contribution in [-0.2, 0) is 4.74 Å². The van der Waals surface area contributed by atoms with Gasteiger partial charge in [-0.25, -0.2) is 0 Å². The molecule has 1 aromatic rings. The van der Waals surface area contributed by atoms with Crippen molar-refractivity contribution in [3.05, 3.63) is 29.3 Å². The van der Waals surface area contributed by atoms with Crippen LogP contribution >= 0.6 is 0 Å². The monoisotopic (exact) mass is 259 g/mol. The molecule has 1 aliphatic heterocycles. The summed E-state index contributed by atoms with van der Waals surface area (Å²) in [7, 11) is 0. The maximum absolute atomic E-state index is 9.08. The minimum absolute atomic E-state index is 0.385. The van der Waals surface area contributed by atoms with E-state index in [9.17, 15) is 0 Å². The van der Waals surface area contributed by atoms with Gasteiger partial charge in [-0.1, -0.05) is 12.1 Å². The number of ether oxygens (including phenoxy) is 1. The second kappa shape index (κ2) is 7.13. The number of anilines is 1. The van der Waals surface area contributed by atoms with Gasteiger partial charge in [-0.3, -0.25) is 0 Å². The first-order valence-electron chi connectivity index (χ1n) is 6.87. The Hall–Kier alpha value is -1.57. The first kappa shape index (κ1) is 13.9. The number of para-hydroxylation sites is 1. The highest BCUT2D eigenvalue weighted by Gasteiger charge is 2.12. The number of hydrogen-bond acceptors (Lipinski definition) is 4. The zero-order valence-electron chi connectivity index (χ0n) is 11.4. The van der Waals surface area contributed by atoms with Crippen LogP contribution in [0.25, 0.3) is 0 Å².